The second kappa shape index (κ2) is 19.9. The van der Waals surface area contributed by atoms with Crippen molar-refractivity contribution < 1.29 is 33.0 Å². The van der Waals surface area contributed by atoms with E-state index >= 15 is 0 Å². The highest BCUT2D eigenvalue weighted by Crippen LogP contribution is 2.46. The van der Waals surface area contributed by atoms with E-state index < -0.39 is 31.9 Å². The minimum absolute atomic E-state index is 0.136. The molecule has 0 amide bonds. The number of hydrogen-bond donors (Lipinski definition) is 3. The number of ether oxygens (including phenoxy) is 2. The Morgan fingerprint density at radius 3 is 2.02 bits per heavy atom. The Morgan fingerprint density at radius 1 is 0.837 bits per heavy atom. The molecule has 9 nitrogen and oxygen atoms in total. The van der Waals surface area contributed by atoms with Gasteiger partial charge in [0.15, 0.2) is 0 Å². The van der Waals surface area contributed by atoms with Crippen LogP contribution in [0.15, 0.2) is 78.9 Å². The van der Waals surface area contributed by atoms with Crippen molar-refractivity contribution in [2.75, 3.05) is 20.3 Å². The highest BCUT2D eigenvalue weighted by atomic mass is 31.2. The number of aliphatic hydroxyl groups excluding tert-OH is 1. The van der Waals surface area contributed by atoms with Gasteiger partial charge in [0, 0.05) is 0 Å². The lowest BCUT2D eigenvalue weighted by molar-refractivity contribution is -0.142. The predicted octanol–water partition coefficient (Wildman–Crippen LogP) is 7.97. The van der Waals surface area contributed by atoms with Crippen LogP contribution in [0.3, 0.4) is 0 Å². The molecule has 0 spiro atoms. The Bertz CT molecular complexity index is 1430. The van der Waals surface area contributed by atoms with Gasteiger partial charge in [-0.2, -0.15) is 5.09 Å². The molecule has 3 unspecified atom stereocenters. The van der Waals surface area contributed by atoms with E-state index in [4.69, 9.17) is 24.3 Å². The van der Waals surface area contributed by atoms with Crippen LogP contribution < -0.4 is 20.1 Å². The summed E-state index contributed by atoms with van der Waals surface area (Å²) < 4.78 is 37.1. The number of nitrogens with one attached hydrogen (secondary N) is 1. The summed E-state index contributed by atoms with van der Waals surface area (Å²) >= 11 is 0. The molecule has 0 aromatic heterocycles. The summed E-state index contributed by atoms with van der Waals surface area (Å²) in [6.07, 6.45) is 9.76. The molecular weight excluding hydrogens is 639 g/mol. The molecule has 270 valence electrons. The Kier molecular flexibility index (Phi) is 16.3. The maximum atomic E-state index is 14.3. The molecule has 0 fully saturated rings. The summed E-state index contributed by atoms with van der Waals surface area (Å²) in [4.78, 5) is 12.9. The van der Waals surface area contributed by atoms with Crippen molar-refractivity contribution in [2.24, 2.45) is 5.73 Å². The normalized spacial score (nSPS) is 14.8. The number of benzene rings is 3. The molecular formula is C39H57N2O7P. The second-order valence-electron chi connectivity index (χ2n) is 13.8. The predicted molar refractivity (Wildman–Crippen MR) is 196 cm³/mol. The number of nitrogens with two attached hydrogens (primary N) is 1. The number of aryl methyl sites for hydroxylation is 2. The first kappa shape index (κ1) is 40.2. The van der Waals surface area contributed by atoms with Crippen molar-refractivity contribution in [3.05, 3.63) is 95.6 Å². The number of unbranched alkanes of at least 4 members (excludes halogenated alkanes) is 5. The van der Waals surface area contributed by atoms with E-state index in [1.54, 1.807) is 30.3 Å². The lowest BCUT2D eigenvalue weighted by Gasteiger charge is -2.30. The van der Waals surface area contributed by atoms with E-state index in [9.17, 15) is 14.5 Å². The lowest BCUT2D eigenvalue weighted by Crippen LogP contribution is -2.49. The molecule has 3 atom stereocenters. The number of carbonyl (C=O) groups excluding carboxylic acids is 1. The Hall–Kier alpha value is -3.20. The van der Waals surface area contributed by atoms with Gasteiger partial charge in [-0.25, -0.2) is 4.57 Å². The van der Waals surface area contributed by atoms with Crippen LogP contribution in [0.2, 0.25) is 0 Å². The van der Waals surface area contributed by atoms with E-state index in [0.29, 0.717) is 18.6 Å². The minimum Gasteiger partial charge on any atom is -0.488 e. The molecule has 0 bridgehead atoms. The van der Waals surface area contributed by atoms with Gasteiger partial charge in [0.05, 0.1) is 25.9 Å². The molecule has 0 saturated heterocycles. The molecule has 0 heterocycles. The number of esters is 1. The summed E-state index contributed by atoms with van der Waals surface area (Å²) in [5, 5.41) is 13.1. The highest BCUT2D eigenvalue weighted by molar-refractivity contribution is 7.52. The number of hydrogen-bond acceptors (Lipinski definition) is 8. The summed E-state index contributed by atoms with van der Waals surface area (Å²) in [6, 6.07) is 23.3. The van der Waals surface area contributed by atoms with Crippen molar-refractivity contribution in [1.29, 1.82) is 0 Å². The Balaban J connectivity index is 1.68. The number of para-hydroxylation sites is 1. The number of rotatable bonds is 22. The van der Waals surface area contributed by atoms with Crippen LogP contribution in [0.1, 0.15) is 89.3 Å². The third-order valence-corrected chi connectivity index (χ3v) is 9.69. The molecule has 0 saturated carbocycles. The quantitative estimate of drug-likeness (QED) is 0.0544. The van der Waals surface area contributed by atoms with Gasteiger partial charge < -0.3 is 24.8 Å². The molecule has 0 radical (unpaired) electrons. The molecule has 4 N–H and O–H groups in total. The fraction of sp³-hybridized carbons (Fsp3) is 0.513. The largest absolute Gasteiger partial charge is 0.488 e. The van der Waals surface area contributed by atoms with Crippen LogP contribution in [0.25, 0.3) is 0 Å². The van der Waals surface area contributed by atoms with Crippen molar-refractivity contribution in [3.63, 3.8) is 0 Å². The summed E-state index contributed by atoms with van der Waals surface area (Å²) in [5.41, 5.74) is 8.19. The summed E-state index contributed by atoms with van der Waals surface area (Å²) in [7, 11) is -2.97. The Labute approximate surface area is 293 Å². The molecule has 3 aromatic rings. The standard InChI is InChI=1S/C39H57N2O7P/c1-6-7-8-9-10-12-15-31-18-20-32(21-19-31)26-27-39(40,29-42)30-46-49(44,48-35-16-13-11-14-17-35)41-36(37(43)45-5)28-33-22-24-34(25-23-33)47-38(2,3)4/h11,13-14,16-25,36,42H,6-10,12,15,26-30,40H2,1-5H3,(H,41,44). The zero-order valence-electron chi connectivity index (χ0n) is 30.0. The Morgan fingerprint density at radius 2 is 1.43 bits per heavy atom. The minimum atomic E-state index is -4.24. The highest BCUT2D eigenvalue weighted by Gasteiger charge is 2.37. The fourth-order valence-corrected chi connectivity index (χ4v) is 6.88. The molecule has 49 heavy (non-hydrogen) atoms. The zero-order valence-corrected chi connectivity index (χ0v) is 30.9. The van der Waals surface area contributed by atoms with Crippen molar-refractivity contribution >= 4 is 13.7 Å². The zero-order chi connectivity index (χ0) is 35.8. The first-order chi connectivity index (χ1) is 23.4. The molecule has 10 heteroatoms. The average Bonchev–Trinajstić information content (AvgIpc) is 3.08. The molecule has 0 aliphatic carbocycles. The van der Waals surface area contributed by atoms with Crippen LogP contribution in [-0.4, -0.2) is 48.6 Å². The topological polar surface area (TPSA) is 129 Å². The van der Waals surface area contributed by atoms with Gasteiger partial charge in [0.2, 0.25) is 0 Å². The van der Waals surface area contributed by atoms with Gasteiger partial charge in [-0.05, 0) is 93.8 Å². The van der Waals surface area contributed by atoms with Gasteiger partial charge in [-0.1, -0.05) is 93.6 Å². The number of methoxy groups -OCH3 is 1. The van der Waals surface area contributed by atoms with Crippen molar-refractivity contribution in [1.82, 2.24) is 5.09 Å². The van der Waals surface area contributed by atoms with Gasteiger partial charge in [0.25, 0.3) is 0 Å². The van der Waals surface area contributed by atoms with E-state index in [0.717, 1.165) is 17.5 Å². The fourth-order valence-electron chi connectivity index (χ4n) is 5.29. The summed E-state index contributed by atoms with van der Waals surface area (Å²) in [6.45, 7) is 7.43. The van der Waals surface area contributed by atoms with E-state index in [1.165, 1.54) is 51.2 Å². The van der Waals surface area contributed by atoms with Crippen LogP contribution in [0, 0.1) is 0 Å². The first-order valence-corrected chi connectivity index (χ1v) is 19.0. The van der Waals surface area contributed by atoms with Crippen LogP contribution in [-0.2, 0) is 37.9 Å². The van der Waals surface area contributed by atoms with E-state index in [2.05, 4.69) is 36.3 Å². The van der Waals surface area contributed by atoms with Gasteiger partial charge in [0.1, 0.15) is 23.1 Å². The molecule has 3 aromatic carbocycles. The van der Waals surface area contributed by atoms with Gasteiger partial charge in [-0.15, -0.1) is 0 Å². The van der Waals surface area contributed by atoms with Crippen molar-refractivity contribution in [3.8, 4) is 11.5 Å². The number of aliphatic hydroxyl groups is 1. The molecule has 0 aliphatic heterocycles. The average molecular weight is 697 g/mol. The molecule has 0 aliphatic rings. The molecule has 3 rings (SSSR count). The smallest absolute Gasteiger partial charge is 0.459 e. The number of carbonyl (C=O) groups is 1. The third-order valence-electron chi connectivity index (χ3n) is 8.15. The van der Waals surface area contributed by atoms with Crippen LogP contribution in [0.5, 0.6) is 11.5 Å². The van der Waals surface area contributed by atoms with Gasteiger partial charge in [-0.3, -0.25) is 9.32 Å². The first-order valence-electron chi connectivity index (χ1n) is 17.5. The van der Waals surface area contributed by atoms with Gasteiger partial charge >= 0.3 is 13.7 Å². The summed E-state index contributed by atoms with van der Waals surface area (Å²) in [5.74, 6) is 0.322. The third kappa shape index (κ3) is 15.1. The van der Waals surface area contributed by atoms with Crippen LogP contribution >= 0.6 is 7.75 Å². The SMILES string of the molecule is CCCCCCCCc1ccc(CCC(N)(CO)COP(=O)(NC(Cc2ccc(OC(C)(C)C)cc2)C(=O)OC)Oc2ccccc2)cc1. The van der Waals surface area contributed by atoms with E-state index in [-0.39, 0.29) is 24.4 Å². The monoisotopic (exact) mass is 696 g/mol. The maximum absolute atomic E-state index is 14.3. The van der Waals surface area contributed by atoms with Crippen molar-refractivity contribution in [2.45, 2.75) is 109 Å². The maximum Gasteiger partial charge on any atom is 0.459 e. The van der Waals surface area contributed by atoms with Crippen LogP contribution in [0.4, 0.5) is 0 Å². The lowest BCUT2D eigenvalue weighted by atomic mass is 9.93. The second-order valence-corrected chi connectivity index (χ2v) is 15.5. The van der Waals surface area contributed by atoms with E-state index in [1.807, 2.05) is 45.0 Å².